The molecule has 170 valence electrons. The maximum atomic E-state index is 10.1. The molecule has 0 aliphatic rings. The lowest BCUT2D eigenvalue weighted by Gasteiger charge is -2.11. The SMILES string of the molecule is CCCCCCCCCCCCCCCCCCn1c([C@@H](C)O)nc2ccccc21. The second-order valence-corrected chi connectivity index (χ2v) is 9.09. The maximum Gasteiger partial charge on any atom is 0.138 e. The third-order valence-corrected chi connectivity index (χ3v) is 6.29. The molecule has 0 aliphatic heterocycles. The molecule has 0 unspecified atom stereocenters. The summed E-state index contributed by atoms with van der Waals surface area (Å²) < 4.78 is 2.21. The molecule has 3 nitrogen and oxygen atoms in total. The average molecular weight is 415 g/mol. The van der Waals surface area contributed by atoms with Gasteiger partial charge < -0.3 is 9.67 Å². The van der Waals surface area contributed by atoms with Crippen molar-refractivity contribution in [2.45, 2.75) is 129 Å². The van der Waals surface area contributed by atoms with Gasteiger partial charge in [-0.25, -0.2) is 4.98 Å². The summed E-state index contributed by atoms with van der Waals surface area (Å²) in [5.74, 6) is 0.803. The number of imidazole rings is 1. The summed E-state index contributed by atoms with van der Waals surface area (Å²) in [4.78, 5) is 4.62. The quantitative estimate of drug-likeness (QED) is 0.249. The second-order valence-electron chi connectivity index (χ2n) is 9.09. The van der Waals surface area contributed by atoms with Gasteiger partial charge >= 0.3 is 0 Å². The Kier molecular flexibility index (Phi) is 12.8. The molecule has 1 aromatic carbocycles. The van der Waals surface area contributed by atoms with Crippen molar-refractivity contribution in [1.29, 1.82) is 0 Å². The lowest BCUT2D eigenvalue weighted by atomic mass is 10.0. The standard InChI is InChI=1S/C27H46N2O/c1-3-4-5-6-7-8-9-10-11-12-13-14-15-16-17-20-23-29-26-22-19-18-21-25(26)28-27(29)24(2)30/h18-19,21-22,24,30H,3-17,20,23H2,1-2H3/t24-/m1/s1. The Morgan fingerprint density at radius 3 is 1.70 bits per heavy atom. The fraction of sp³-hybridized carbons (Fsp3) is 0.741. The third kappa shape index (κ3) is 9.20. The van der Waals surface area contributed by atoms with Gasteiger partial charge in [-0.15, -0.1) is 0 Å². The fourth-order valence-corrected chi connectivity index (χ4v) is 4.47. The number of fused-ring (bicyclic) bond motifs is 1. The van der Waals surface area contributed by atoms with Crippen LogP contribution in [0.15, 0.2) is 24.3 Å². The maximum absolute atomic E-state index is 10.1. The molecule has 0 aliphatic carbocycles. The normalized spacial score (nSPS) is 12.6. The van der Waals surface area contributed by atoms with E-state index in [0.717, 1.165) is 23.4 Å². The van der Waals surface area contributed by atoms with Gasteiger partial charge in [0.15, 0.2) is 0 Å². The number of para-hydroxylation sites is 2. The molecule has 1 atom stereocenters. The van der Waals surface area contributed by atoms with E-state index in [-0.39, 0.29) is 0 Å². The first kappa shape index (κ1) is 24.9. The zero-order valence-corrected chi connectivity index (χ0v) is 19.7. The van der Waals surface area contributed by atoms with E-state index in [1.54, 1.807) is 0 Å². The number of hydrogen-bond acceptors (Lipinski definition) is 2. The number of hydrogen-bond donors (Lipinski definition) is 1. The Balaban J connectivity index is 1.46. The summed E-state index contributed by atoms with van der Waals surface area (Å²) in [5.41, 5.74) is 2.14. The van der Waals surface area contributed by atoms with Crippen molar-refractivity contribution in [3.8, 4) is 0 Å². The van der Waals surface area contributed by atoms with E-state index in [1.165, 1.54) is 103 Å². The van der Waals surface area contributed by atoms with Crippen LogP contribution in [0.5, 0.6) is 0 Å². The predicted octanol–water partition coefficient (Wildman–Crippen LogP) is 8.35. The topological polar surface area (TPSA) is 38.0 Å². The number of aliphatic hydroxyl groups is 1. The van der Waals surface area contributed by atoms with Gasteiger partial charge in [0.1, 0.15) is 11.9 Å². The van der Waals surface area contributed by atoms with Crippen LogP contribution in [0.25, 0.3) is 11.0 Å². The number of rotatable bonds is 18. The first-order chi connectivity index (χ1) is 14.7. The fourth-order valence-electron chi connectivity index (χ4n) is 4.47. The van der Waals surface area contributed by atoms with Gasteiger partial charge in [-0.05, 0) is 25.5 Å². The highest BCUT2D eigenvalue weighted by molar-refractivity contribution is 5.75. The van der Waals surface area contributed by atoms with Gasteiger partial charge in [-0.2, -0.15) is 0 Å². The van der Waals surface area contributed by atoms with E-state index in [1.807, 2.05) is 19.1 Å². The highest BCUT2D eigenvalue weighted by atomic mass is 16.3. The lowest BCUT2D eigenvalue weighted by molar-refractivity contribution is 0.184. The molecular formula is C27H46N2O. The molecule has 0 saturated carbocycles. The molecule has 0 bridgehead atoms. The number of aryl methyl sites for hydroxylation is 1. The molecule has 0 saturated heterocycles. The van der Waals surface area contributed by atoms with Crippen LogP contribution in [0.4, 0.5) is 0 Å². The largest absolute Gasteiger partial charge is 0.385 e. The van der Waals surface area contributed by atoms with Crippen molar-refractivity contribution in [2.75, 3.05) is 0 Å². The Bertz CT molecular complexity index is 677. The minimum absolute atomic E-state index is 0.515. The molecule has 1 heterocycles. The summed E-state index contributed by atoms with van der Waals surface area (Å²) >= 11 is 0. The van der Waals surface area contributed by atoms with E-state index < -0.39 is 6.10 Å². The lowest BCUT2D eigenvalue weighted by Crippen LogP contribution is -2.07. The van der Waals surface area contributed by atoms with Crippen molar-refractivity contribution in [3.63, 3.8) is 0 Å². The first-order valence-electron chi connectivity index (χ1n) is 12.9. The van der Waals surface area contributed by atoms with Crippen molar-refractivity contribution < 1.29 is 5.11 Å². The molecule has 3 heteroatoms. The van der Waals surface area contributed by atoms with Gasteiger partial charge in [0, 0.05) is 6.54 Å². The molecule has 0 spiro atoms. The van der Waals surface area contributed by atoms with Gasteiger partial charge in [0.25, 0.3) is 0 Å². The van der Waals surface area contributed by atoms with Crippen molar-refractivity contribution in [2.24, 2.45) is 0 Å². The van der Waals surface area contributed by atoms with E-state index in [9.17, 15) is 5.11 Å². The summed E-state index contributed by atoms with van der Waals surface area (Å²) in [7, 11) is 0. The minimum atomic E-state index is -0.515. The van der Waals surface area contributed by atoms with Crippen LogP contribution < -0.4 is 0 Å². The summed E-state index contributed by atoms with van der Waals surface area (Å²) in [6, 6.07) is 8.21. The third-order valence-electron chi connectivity index (χ3n) is 6.29. The predicted molar refractivity (Wildman–Crippen MR) is 130 cm³/mol. The molecule has 0 radical (unpaired) electrons. The molecule has 0 amide bonds. The highest BCUT2D eigenvalue weighted by Gasteiger charge is 2.13. The van der Waals surface area contributed by atoms with Crippen LogP contribution >= 0.6 is 0 Å². The molecule has 2 aromatic rings. The number of aliphatic hydroxyl groups excluding tert-OH is 1. The molecular weight excluding hydrogens is 368 g/mol. The van der Waals surface area contributed by atoms with Gasteiger partial charge in [0.05, 0.1) is 11.0 Å². The smallest absolute Gasteiger partial charge is 0.138 e. The van der Waals surface area contributed by atoms with Crippen molar-refractivity contribution in [1.82, 2.24) is 9.55 Å². The van der Waals surface area contributed by atoms with Crippen LogP contribution in [0.3, 0.4) is 0 Å². The Morgan fingerprint density at radius 1 is 0.733 bits per heavy atom. The van der Waals surface area contributed by atoms with Crippen molar-refractivity contribution in [3.05, 3.63) is 30.1 Å². The molecule has 0 fully saturated rings. The minimum Gasteiger partial charge on any atom is -0.385 e. The number of nitrogens with zero attached hydrogens (tertiary/aromatic N) is 2. The van der Waals surface area contributed by atoms with Crippen LogP contribution in [0.2, 0.25) is 0 Å². The zero-order chi connectivity index (χ0) is 21.4. The number of unbranched alkanes of at least 4 members (excludes halogenated alkanes) is 15. The zero-order valence-electron chi connectivity index (χ0n) is 19.7. The van der Waals surface area contributed by atoms with E-state index in [4.69, 9.17) is 0 Å². The monoisotopic (exact) mass is 414 g/mol. The van der Waals surface area contributed by atoms with Gasteiger partial charge in [-0.1, -0.05) is 115 Å². The molecule has 1 aromatic heterocycles. The molecule has 2 rings (SSSR count). The average Bonchev–Trinajstić information content (AvgIpc) is 3.12. The Morgan fingerprint density at radius 2 is 1.20 bits per heavy atom. The van der Waals surface area contributed by atoms with Gasteiger partial charge in [-0.3, -0.25) is 0 Å². The Hall–Kier alpha value is -1.35. The van der Waals surface area contributed by atoms with Gasteiger partial charge in [0.2, 0.25) is 0 Å². The van der Waals surface area contributed by atoms with E-state index in [2.05, 4.69) is 28.6 Å². The highest BCUT2D eigenvalue weighted by Crippen LogP contribution is 2.22. The second kappa shape index (κ2) is 15.5. The summed E-state index contributed by atoms with van der Waals surface area (Å²) in [6.45, 7) is 5.06. The Labute approximate surface area is 185 Å². The van der Waals surface area contributed by atoms with Crippen LogP contribution in [-0.4, -0.2) is 14.7 Å². The van der Waals surface area contributed by atoms with Crippen LogP contribution in [-0.2, 0) is 6.54 Å². The molecule has 30 heavy (non-hydrogen) atoms. The van der Waals surface area contributed by atoms with E-state index in [0.29, 0.717) is 0 Å². The first-order valence-corrected chi connectivity index (χ1v) is 12.9. The summed E-state index contributed by atoms with van der Waals surface area (Å²) in [5, 5.41) is 10.1. The van der Waals surface area contributed by atoms with Crippen LogP contribution in [0, 0.1) is 0 Å². The van der Waals surface area contributed by atoms with Crippen molar-refractivity contribution >= 4 is 11.0 Å². The van der Waals surface area contributed by atoms with E-state index >= 15 is 0 Å². The molecule has 1 N–H and O–H groups in total. The number of benzene rings is 1. The summed E-state index contributed by atoms with van der Waals surface area (Å²) in [6.07, 6.45) is 21.7. The van der Waals surface area contributed by atoms with Crippen LogP contribution in [0.1, 0.15) is 129 Å². The number of aromatic nitrogens is 2.